The van der Waals surface area contributed by atoms with Gasteiger partial charge in [-0.05, 0) is 64.2 Å². The maximum atomic E-state index is 13.0. The molecule has 1 aromatic carbocycles. The van der Waals surface area contributed by atoms with Crippen molar-refractivity contribution < 1.29 is 23.8 Å². The van der Waals surface area contributed by atoms with E-state index in [0.29, 0.717) is 22.2 Å². The van der Waals surface area contributed by atoms with Crippen LogP contribution in [0.1, 0.15) is 68.2 Å². The molecule has 5 nitrogen and oxygen atoms in total. The van der Waals surface area contributed by atoms with Gasteiger partial charge in [-0.25, -0.2) is 0 Å². The number of ether oxygens (including phenoxy) is 3. The minimum atomic E-state index is -0.606. The molecule has 176 valence electrons. The molecule has 0 saturated heterocycles. The summed E-state index contributed by atoms with van der Waals surface area (Å²) in [5.41, 5.74) is -0.606. The van der Waals surface area contributed by atoms with E-state index >= 15 is 0 Å². The van der Waals surface area contributed by atoms with Crippen molar-refractivity contribution in [3.8, 4) is 5.75 Å². The molecule has 0 N–H and O–H groups in total. The zero-order valence-electron chi connectivity index (χ0n) is 19.8. The van der Waals surface area contributed by atoms with Crippen LogP contribution >= 0.6 is 23.2 Å². The Kier molecular flexibility index (Phi) is 10.6. The van der Waals surface area contributed by atoms with Gasteiger partial charge in [-0.1, -0.05) is 50.9 Å². The number of carbonyl (C=O) groups excluding carboxylic acids is 2. The molecule has 0 unspecified atom stereocenters. The third-order valence-corrected chi connectivity index (χ3v) is 5.03. The van der Waals surface area contributed by atoms with E-state index in [1.807, 2.05) is 27.7 Å². The summed E-state index contributed by atoms with van der Waals surface area (Å²) in [4.78, 5) is 25.3. The Morgan fingerprint density at radius 3 is 2.13 bits per heavy atom. The van der Waals surface area contributed by atoms with E-state index in [-0.39, 0.29) is 18.3 Å². The van der Waals surface area contributed by atoms with Crippen molar-refractivity contribution >= 4 is 35.1 Å². The smallest absolute Gasteiger partial charge is 0.309 e. The van der Waals surface area contributed by atoms with Crippen molar-refractivity contribution in [3.63, 3.8) is 0 Å². The molecule has 0 radical (unpaired) electrons. The quantitative estimate of drug-likeness (QED) is 0.352. The first kappa shape index (κ1) is 27.6. The fourth-order valence-electron chi connectivity index (χ4n) is 3.25. The van der Waals surface area contributed by atoms with E-state index in [1.54, 1.807) is 45.9 Å². The van der Waals surface area contributed by atoms with E-state index in [9.17, 15) is 9.59 Å². The largest absolute Gasteiger partial charge is 0.485 e. The van der Waals surface area contributed by atoms with Crippen molar-refractivity contribution in [2.24, 2.45) is 17.8 Å². The molecule has 0 heterocycles. The van der Waals surface area contributed by atoms with Gasteiger partial charge in [-0.2, -0.15) is 0 Å². The third kappa shape index (κ3) is 10.1. The molecule has 0 aliphatic carbocycles. The predicted octanol–water partition coefficient (Wildman–Crippen LogP) is 6.72. The molecule has 1 aromatic rings. The molecule has 31 heavy (non-hydrogen) atoms. The first-order chi connectivity index (χ1) is 14.2. The van der Waals surface area contributed by atoms with Gasteiger partial charge in [0.2, 0.25) is 0 Å². The summed E-state index contributed by atoms with van der Waals surface area (Å²) < 4.78 is 17.2. The van der Waals surface area contributed by atoms with Crippen molar-refractivity contribution in [2.45, 2.75) is 86.0 Å². The average Bonchev–Trinajstić information content (AvgIpc) is 2.57. The third-order valence-electron chi connectivity index (χ3n) is 4.50. The second-order valence-electron chi connectivity index (χ2n) is 9.66. The van der Waals surface area contributed by atoms with Crippen LogP contribution in [-0.2, 0) is 19.1 Å². The van der Waals surface area contributed by atoms with E-state index in [2.05, 4.69) is 0 Å². The minimum Gasteiger partial charge on any atom is -0.485 e. The molecule has 0 fully saturated rings. The van der Waals surface area contributed by atoms with Crippen LogP contribution in [0.4, 0.5) is 0 Å². The number of benzene rings is 1. The summed E-state index contributed by atoms with van der Waals surface area (Å²) in [6.07, 6.45) is -0.463. The highest BCUT2D eigenvalue weighted by Crippen LogP contribution is 2.31. The zero-order valence-corrected chi connectivity index (χ0v) is 21.3. The lowest BCUT2D eigenvalue weighted by Gasteiger charge is -2.30. The van der Waals surface area contributed by atoms with Crippen LogP contribution in [0.15, 0.2) is 18.2 Å². The van der Waals surface area contributed by atoms with Crippen molar-refractivity contribution in [1.82, 2.24) is 0 Å². The molecule has 0 bridgehead atoms. The number of halogens is 2. The van der Waals surface area contributed by atoms with Crippen molar-refractivity contribution in [2.75, 3.05) is 0 Å². The lowest BCUT2D eigenvalue weighted by Crippen LogP contribution is -2.39. The SMILES string of the molecule is CC(C)C[C@H](CC(=O)OC(C)(C)C)C(=O)O[C@@H](C)[C@H](Oc1ccc(Cl)cc1Cl)C(C)C. The Hall–Kier alpha value is -1.46. The molecule has 7 heteroatoms. The lowest BCUT2D eigenvalue weighted by molar-refractivity contribution is -0.167. The number of rotatable bonds is 10. The van der Waals surface area contributed by atoms with Gasteiger partial charge >= 0.3 is 11.9 Å². The maximum absolute atomic E-state index is 13.0. The fraction of sp³-hybridized carbons (Fsp3) is 0.667. The van der Waals surface area contributed by atoms with E-state index < -0.39 is 35.7 Å². The normalized spacial score (nSPS) is 14.8. The molecule has 0 aliphatic rings. The molecular weight excluding hydrogens is 439 g/mol. The van der Waals surface area contributed by atoms with Crippen LogP contribution in [0.2, 0.25) is 10.0 Å². The summed E-state index contributed by atoms with van der Waals surface area (Å²) in [6, 6.07) is 4.99. The first-order valence-electron chi connectivity index (χ1n) is 10.7. The Bertz CT molecular complexity index is 740. The molecule has 0 spiro atoms. The Balaban J connectivity index is 2.91. The van der Waals surface area contributed by atoms with Gasteiger partial charge in [0.15, 0.2) is 0 Å². The Morgan fingerprint density at radius 2 is 1.65 bits per heavy atom. The van der Waals surface area contributed by atoms with E-state index in [0.717, 1.165) is 0 Å². The average molecular weight is 475 g/mol. The first-order valence-corrected chi connectivity index (χ1v) is 11.5. The Morgan fingerprint density at radius 1 is 1.03 bits per heavy atom. The van der Waals surface area contributed by atoms with Crippen LogP contribution in [0, 0.1) is 17.8 Å². The summed E-state index contributed by atoms with van der Waals surface area (Å²) in [6.45, 7) is 15.1. The molecular formula is C24H36Cl2O5. The van der Waals surface area contributed by atoms with Gasteiger partial charge in [0.1, 0.15) is 23.6 Å². The highest BCUT2D eigenvalue weighted by molar-refractivity contribution is 6.35. The van der Waals surface area contributed by atoms with Gasteiger partial charge < -0.3 is 14.2 Å². The van der Waals surface area contributed by atoms with Crippen molar-refractivity contribution in [1.29, 1.82) is 0 Å². The van der Waals surface area contributed by atoms with Crippen LogP contribution in [0.5, 0.6) is 5.75 Å². The molecule has 1 rings (SSSR count). The number of hydrogen-bond acceptors (Lipinski definition) is 5. The second-order valence-corrected chi connectivity index (χ2v) is 10.5. The molecule has 0 aromatic heterocycles. The van der Waals surface area contributed by atoms with Gasteiger partial charge in [-0.15, -0.1) is 0 Å². The van der Waals surface area contributed by atoms with Crippen LogP contribution in [0.25, 0.3) is 0 Å². The van der Waals surface area contributed by atoms with Gasteiger partial charge in [0.25, 0.3) is 0 Å². The lowest BCUT2D eigenvalue weighted by atomic mass is 9.94. The Labute approximate surface area is 196 Å². The van der Waals surface area contributed by atoms with E-state index in [4.69, 9.17) is 37.4 Å². The summed E-state index contributed by atoms with van der Waals surface area (Å²) in [5, 5.41) is 0.899. The van der Waals surface area contributed by atoms with Gasteiger partial charge in [-0.3, -0.25) is 9.59 Å². The molecule has 0 saturated carbocycles. The van der Waals surface area contributed by atoms with Gasteiger partial charge in [0, 0.05) is 5.02 Å². The topological polar surface area (TPSA) is 61.8 Å². The standard InChI is InChI=1S/C24H36Cl2O5/c1-14(2)11-17(12-21(27)31-24(6,7)8)23(28)29-16(5)22(15(3)4)30-20-10-9-18(25)13-19(20)26/h9-10,13-17,22H,11-12H2,1-8H3/t16-,17+,22+/m0/s1. The molecule has 3 atom stereocenters. The summed E-state index contributed by atoms with van der Waals surface area (Å²) in [7, 11) is 0. The fourth-order valence-corrected chi connectivity index (χ4v) is 3.71. The maximum Gasteiger partial charge on any atom is 0.309 e. The van der Waals surface area contributed by atoms with Gasteiger partial charge in [0.05, 0.1) is 17.4 Å². The highest BCUT2D eigenvalue weighted by atomic mass is 35.5. The van der Waals surface area contributed by atoms with Crippen LogP contribution < -0.4 is 4.74 Å². The summed E-state index contributed by atoms with van der Waals surface area (Å²) >= 11 is 12.2. The van der Waals surface area contributed by atoms with Crippen LogP contribution in [0.3, 0.4) is 0 Å². The summed E-state index contributed by atoms with van der Waals surface area (Å²) in [5.74, 6) is -0.676. The zero-order chi connectivity index (χ0) is 23.9. The highest BCUT2D eigenvalue weighted by Gasteiger charge is 2.32. The monoisotopic (exact) mass is 474 g/mol. The number of carbonyl (C=O) groups is 2. The number of hydrogen-bond donors (Lipinski definition) is 0. The van der Waals surface area contributed by atoms with E-state index in [1.165, 1.54) is 0 Å². The second kappa shape index (κ2) is 12.0. The molecule has 0 aliphatic heterocycles. The predicted molar refractivity (Wildman–Crippen MR) is 125 cm³/mol. The van der Waals surface area contributed by atoms with Crippen LogP contribution in [-0.4, -0.2) is 29.7 Å². The minimum absolute atomic E-state index is 0.0166. The van der Waals surface area contributed by atoms with Crippen molar-refractivity contribution in [3.05, 3.63) is 28.2 Å². The molecule has 0 amide bonds. The number of esters is 2.